The Morgan fingerprint density at radius 1 is 0.737 bits per heavy atom. The van der Waals surface area contributed by atoms with Crippen molar-refractivity contribution < 1.29 is 19.4 Å². The Bertz CT molecular complexity index is 578. The van der Waals surface area contributed by atoms with E-state index in [1.54, 1.807) is 54.6 Å². The van der Waals surface area contributed by atoms with Crippen LogP contribution in [0.2, 0.25) is 0 Å². The molecule has 0 radical (unpaired) electrons. The third-order valence-corrected chi connectivity index (χ3v) is 2.81. The van der Waals surface area contributed by atoms with Crippen molar-refractivity contribution in [2.45, 2.75) is 0 Å². The van der Waals surface area contributed by atoms with Crippen LogP contribution in [-0.2, 0) is 9.78 Å². The van der Waals surface area contributed by atoms with Crippen LogP contribution in [-0.4, -0.2) is 11.9 Å². The van der Waals surface area contributed by atoms with Gasteiger partial charge in [0, 0.05) is 4.47 Å². The average Bonchev–Trinajstić information content (AvgIpc) is 2.46. The monoisotopic (exact) mass is 320 g/mol. The molecule has 0 atom stereocenters. The molecule has 0 aliphatic heterocycles. The number of rotatable bonds is 2. The zero-order chi connectivity index (χ0) is 13.7. The van der Waals surface area contributed by atoms with Gasteiger partial charge < -0.3 is 0 Å². The van der Waals surface area contributed by atoms with E-state index in [2.05, 4.69) is 25.7 Å². The Kier molecular flexibility index (Phi) is 4.30. The normalized spacial score (nSPS) is 9.74. The molecule has 0 aliphatic rings. The summed E-state index contributed by atoms with van der Waals surface area (Å²) < 4.78 is 0.838. The van der Waals surface area contributed by atoms with E-state index in [0.29, 0.717) is 11.1 Å². The molecule has 0 saturated heterocycles. The highest BCUT2D eigenvalue weighted by Gasteiger charge is 2.13. The summed E-state index contributed by atoms with van der Waals surface area (Å²) >= 11 is 3.25. The van der Waals surface area contributed by atoms with Crippen LogP contribution >= 0.6 is 15.9 Å². The van der Waals surface area contributed by atoms with Crippen molar-refractivity contribution in [3.8, 4) is 0 Å². The van der Waals surface area contributed by atoms with Gasteiger partial charge in [-0.2, -0.15) is 0 Å². The van der Waals surface area contributed by atoms with E-state index in [4.69, 9.17) is 0 Å². The zero-order valence-corrected chi connectivity index (χ0v) is 11.3. The van der Waals surface area contributed by atoms with Crippen LogP contribution in [0.5, 0.6) is 0 Å². The molecule has 0 heterocycles. The molecular weight excluding hydrogens is 312 g/mol. The summed E-state index contributed by atoms with van der Waals surface area (Å²) in [5.74, 6) is -1.44. The molecular formula is C14H9BrO4. The van der Waals surface area contributed by atoms with Gasteiger partial charge in [0.05, 0.1) is 11.1 Å². The molecule has 0 saturated carbocycles. The van der Waals surface area contributed by atoms with E-state index in [1.165, 1.54) is 0 Å². The van der Waals surface area contributed by atoms with Crippen molar-refractivity contribution >= 4 is 27.9 Å². The molecule has 0 amide bonds. The van der Waals surface area contributed by atoms with E-state index in [0.717, 1.165) is 4.47 Å². The Labute approximate surface area is 118 Å². The SMILES string of the molecule is O=C(OOC(=O)c1ccc(Br)cc1)c1ccccc1. The van der Waals surface area contributed by atoms with Crippen LogP contribution in [0, 0.1) is 0 Å². The number of carbonyl (C=O) groups excluding carboxylic acids is 2. The fourth-order valence-electron chi connectivity index (χ4n) is 1.33. The second-order valence-corrected chi connectivity index (χ2v) is 4.53. The second-order valence-electron chi connectivity index (χ2n) is 3.61. The maximum atomic E-state index is 11.6. The summed E-state index contributed by atoms with van der Waals surface area (Å²) in [6, 6.07) is 14.8. The van der Waals surface area contributed by atoms with E-state index >= 15 is 0 Å². The molecule has 5 heteroatoms. The maximum absolute atomic E-state index is 11.6. The minimum atomic E-state index is -0.725. The van der Waals surface area contributed by atoms with Gasteiger partial charge in [0.15, 0.2) is 0 Å². The standard InChI is InChI=1S/C14H9BrO4/c15-12-8-6-11(7-9-12)14(17)19-18-13(16)10-4-2-1-3-5-10/h1-9H. The molecule has 0 fully saturated rings. The van der Waals surface area contributed by atoms with Crippen LogP contribution in [0.4, 0.5) is 0 Å². The van der Waals surface area contributed by atoms with Crippen molar-refractivity contribution in [1.29, 1.82) is 0 Å². The minimum Gasteiger partial charge on any atom is -0.242 e. The summed E-state index contributed by atoms with van der Waals surface area (Å²) in [6.45, 7) is 0. The fourth-order valence-corrected chi connectivity index (χ4v) is 1.60. The quantitative estimate of drug-likeness (QED) is 0.628. The van der Waals surface area contributed by atoms with Crippen molar-refractivity contribution in [1.82, 2.24) is 0 Å². The summed E-state index contributed by atoms with van der Waals surface area (Å²) in [7, 11) is 0. The molecule has 2 rings (SSSR count). The van der Waals surface area contributed by atoms with Gasteiger partial charge in [0.1, 0.15) is 0 Å². The van der Waals surface area contributed by atoms with Crippen molar-refractivity contribution in [3.05, 3.63) is 70.2 Å². The first-order valence-corrected chi connectivity index (χ1v) is 6.20. The molecule has 4 nitrogen and oxygen atoms in total. The number of benzene rings is 2. The van der Waals surface area contributed by atoms with Crippen LogP contribution < -0.4 is 0 Å². The molecule has 19 heavy (non-hydrogen) atoms. The predicted octanol–water partition coefficient (Wildman–Crippen LogP) is 3.38. The second kappa shape index (κ2) is 6.15. The van der Waals surface area contributed by atoms with E-state index in [1.807, 2.05) is 0 Å². The van der Waals surface area contributed by atoms with Crippen molar-refractivity contribution in [2.24, 2.45) is 0 Å². The lowest BCUT2D eigenvalue weighted by Gasteiger charge is -2.03. The van der Waals surface area contributed by atoms with Crippen LogP contribution in [0.3, 0.4) is 0 Å². The van der Waals surface area contributed by atoms with Gasteiger partial charge in [-0.1, -0.05) is 34.1 Å². The highest BCUT2D eigenvalue weighted by molar-refractivity contribution is 9.10. The topological polar surface area (TPSA) is 52.6 Å². The van der Waals surface area contributed by atoms with Crippen LogP contribution in [0.25, 0.3) is 0 Å². The largest absolute Gasteiger partial charge is 0.386 e. The first kappa shape index (κ1) is 13.3. The van der Waals surface area contributed by atoms with Gasteiger partial charge in [-0.15, -0.1) is 0 Å². The Balaban J connectivity index is 1.94. The lowest BCUT2D eigenvalue weighted by atomic mass is 10.2. The van der Waals surface area contributed by atoms with Gasteiger partial charge in [0.25, 0.3) is 0 Å². The fraction of sp³-hybridized carbons (Fsp3) is 0. The Morgan fingerprint density at radius 2 is 1.21 bits per heavy atom. The molecule has 2 aromatic rings. The zero-order valence-electron chi connectivity index (χ0n) is 9.71. The smallest absolute Gasteiger partial charge is 0.242 e. The molecule has 2 aromatic carbocycles. The van der Waals surface area contributed by atoms with Crippen molar-refractivity contribution in [2.75, 3.05) is 0 Å². The molecule has 0 aliphatic carbocycles. The first-order valence-electron chi connectivity index (χ1n) is 5.40. The molecule has 0 N–H and O–H groups in total. The molecule has 96 valence electrons. The van der Waals surface area contributed by atoms with Crippen LogP contribution in [0.15, 0.2) is 59.1 Å². The molecule has 0 spiro atoms. The molecule has 0 bridgehead atoms. The third kappa shape index (κ3) is 3.66. The summed E-state index contributed by atoms with van der Waals surface area (Å²) in [5.41, 5.74) is 0.607. The van der Waals surface area contributed by atoms with Gasteiger partial charge in [-0.05, 0) is 36.4 Å². The van der Waals surface area contributed by atoms with Crippen molar-refractivity contribution in [3.63, 3.8) is 0 Å². The lowest BCUT2D eigenvalue weighted by Crippen LogP contribution is -2.11. The average molecular weight is 321 g/mol. The third-order valence-electron chi connectivity index (χ3n) is 2.28. The van der Waals surface area contributed by atoms with E-state index in [-0.39, 0.29) is 0 Å². The molecule has 0 aromatic heterocycles. The van der Waals surface area contributed by atoms with Gasteiger partial charge in [0.2, 0.25) is 0 Å². The van der Waals surface area contributed by atoms with E-state index < -0.39 is 11.9 Å². The molecule has 0 unspecified atom stereocenters. The highest BCUT2D eigenvalue weighted by atomic mass is 79.9. The van der Waals surface area contributed by atoms with Gasteiger partial charge in [-0.3, -0.25) is 0 Å². The predicted molar refractivity (Wildman–Crippen MR) is 71.4 cm³/mol. The van der Waals surface area contributed by atoms with E-state index in [9.17, 15) is 9.59 Å². The summed E-state index contributed by atoms with van der Waals surface area (Å²) in [6.07, 6.45) is 0. The Hall–Kier alpha value is -2.14. The van der Waals surface area contributed by atoms with Gasteiger partial charge in [-0.25, -0.2) is 19.4 Å². The minimum absolute atomic E-state index is 0.295. The number of hydrogen-bond acceptors (Lipinski definition) is 4. The number of halogens is 1. The highest BCUT2D eigenvalue weighted by Crippen LogP contribution is 2.11. The number of hydrogen-bond donors (Lipinski definition) is 0. The van der Waals surface area contributed by atoms with Gasteiger partial charge >= 0.3 is 11.9 Å². The number of carbonyl (C=O) groups is 2. The lowest BCUT2D eigenvalue weighted by molar-refractivity contribution is -0.187. The van der Waals surface area contributed by atoms with Crippen LogP contribution in [0.1, 0.15) is 20.7 Å². The first-order chi connectivity index (χ1) is 9.16. The Morgan fingerprint density at radius 3 is 1.74 bits per heavy atom. The maximum Gasteiger partial charge on any atom is 0.386 e. The summed E-state index contributed by atoms with van der Waals surface area (Å²) in [5, 5.41) is 0. The summed E-state index contributed by atoms with van der Waals surface area (Å²) in [4.78, 5) is 32.1.